The molecule has 2 heterocycles. The van der Waals surface area contributed by atoms with E-state index in [4.69, 9.17) is 0 Å². The van der Waals surface area contributed by atoms with E-state index in [9.17, 15) is 4.79 Å². The van der Waals surface area contributed by atoms with Crippen LogP contribution in [-0.4, -0.2) is 22.3 Å². The fraction of sp³-hybridized carbons (Fsp3) is 0.211. The van der Waals surface area contributed by atoms with Crippen LogP contribution in [0.4, 0.5) is 5.69 Å². The second kappa shape index (κ2) is 5.47. The number of carbonyl (C=O) groups excluding carboxylic acids is 1. The molecule has 3 aromatic rings. The third kappa shape index (κ3) is 2.18. The summed E-state index contributed by atoms with van der Waals surface area (Å²) >= 11 is 0. The largest absolute Gasteiger partial charge is 0.361 e. The first kappa shape index (κ1) is 13.9. The standard InChI is InChI=1S/C19H19N3O/c1-2-11-22-18(15-12-20-16-9-5-3-7-13(15)16)21-17-10-6-4-8-14(17)19(22)23/h3-10,12,18,20-21H,2,11H2,1H3/t18-/m1/s1. The number of nitrogens with zero attached hydrogens (tertiary/aromatic N) is 1. The highest BCUT2D eigenvalue weighted by atomic mass is 16.2. The van der Waals surface area contributed by atoms with Gasteiger partial charge in [-0.2, -0.15) is 0 Å². The minimum atomic E-state index is -0.145. The average Bonchev–Trinajstić information content (AvgIpc) is 3.01. The summed E-state index contributed by atoms with van der Waals surface area (Å²) in [5.74, 6) is 0.0940. The van der Waals surface area contributed by atoms with Crippen LogP contribution in [0.15, 0.2) is 54.7 Å². The molecule has 2 N–H and O–H groups in total. The van der Waals surface area contributed by atoms with Crippen molar-refractivity contribution in [1.29, 1.82) is 0 Å². The number of fused-ring (bicyclic) bond motifs is 2. The maximum atomic E-state index is 12.9. The quantitative estimate of drug-likeness (QED) is 0.764. The Labute approximate surface area is 135 Å². The molecule has 0 fully saturated rings. The van der Waals surface area contributed by atoms with E-state index in [0.717, 1.165) is 40.7 Å². The summed E-state index contributed by atoms with van der Waals surface area (Å²) in [7, 11) is 0. The summed E-state index contributed by atoms with van der Waals surface area (Å²) in [6.45, 7) is 2.82. The number of nitrogens with one attached hydrogen (secondary N) is 2. The van der Waals surface area contributed by atoms with Crippen LogP contribution < -0.4 is 5.32 Å². The number of benzene rings is 2. The molecule has 0 unspecified atom stereocenters. The van der Waals surface area contributed by atoms with Crippen molar-refractivity contribution in [2.75, 3.05) is 11.9 Å². The molecule has 4 nitrogen and oxygen atoms in total. The predicted octanol–water partition coefficient (Wildman–Crippen LogP) is 4.14. The average molecular weight is 305 g/mol. The molecule has 116 valence electrons. The van der Waals surface area contributed by atoms with Crippen molar-refractivity contribution < 1.29 is 4.79 Å². The predicted molar refractivity (Wildman–Crippen MR) is 92.4 cm³/mol. The molecule has 0 aliphatic carbocycles. The van der Waals surface area contributed by atoms with E-state index in [1.54, 1.807) is 0 Å². The van der Waals surface area contributed by atoms with Crippen LogP contribution in [0.3, 0.4) is 0 Å². The zero-order valence-electron chi connectivity index (χ0n) is 13.0. The van der Waals surface area contributed by atoms with E-state index in [0.29, 0.717) is 0 Å². The molecule has 1 aliphatic heterocycles. The van der Waals surface area contributed by atoms with Crippen molar-refractivity contribution >= 4 is 22.5 Å². The monoisotopic (exact) mass is 305 g/mol. The Morgan fingerprint density at radius 3 is 2.74 bits per heavy atom. The van der Waals surface area contributed by atoms with Gasteiger partial charge in [0.2, 0.25) is 0 Å². The molecule has 1 amide bonds. The van der Waals surface area contributed by atoms with Crippen LogP contribution in [0.1, 0.15) is 35.4 Å². The maximum Gasteiger partial charge on any atom is 0.257 e. The van der Waals surface area contributed by atoms with Gasteiger partial charge in [0.15, 0.2) is 0 Å². The summed E-state index contributed by atoms with van der Waals surface area (Å²) in [6, 6.07) is 15.9. The Morgan fingerprint density at radius 2 is 1.87 bits per heavy atom. The molecule has 4 heteroatoms. The lowest BCUT2D eigenvalue weighted by Gasteiger charge is -2.37. The van der Waals surface area contributed by atoms with Crippen LogP contribution in [0, 0.1) is 0 Å². The van der Waals surface area contributed by atoms with E-state index >= 15 is 0 Å². The van der Waals surface area contributed by atoms with E-state index in [1.807, 2.05) is 47.5 Å². The first-order chi connectivity index (χ1) is 11.3. The molecule has 1 aromatic heterocycles. The summed E-state index contributed by atoms with van der Waals surface area (Å²) in [6.07, 6.45) is 2.79. The topological polar surface area (TPSA) is 48.1 Å². The van der Waals surface area contributed by atoms with Gasteiger partial charge in [0.1, 0.15) is 6.17 Å². The third-order valence-corrected chi connectivity index (χ3v) is 4.40. The van der Waals surface area contributed by atoms with Gasteiger partial charge in [0.25, 0.3) is 5.91 Å². The first-order valence-corrected chi connectivity index (χ1v) is 8.02. The van der Waals surface area contributed by atoms with Crippen LogP contribution in [0.25, 0.3) is 10.9 Å². The van der Waals surface area contributed by atoms with Crippen molar-refractivity contribution in [2.45, 2.75) is 19.5 Å². The van der Waals surface area contributed by atoms with Gasteiger partial charge >= 0.3 is 0 Å². The van der Waals surface area contributed by atoms with Crippen molar-refractivity contribution in [2.24, 2.45) is 0 Å². The van der Waals surface area contributed by atoms with Crippen molar-refractivity contribution in [3.63, 3.8) is 0 Å². The van der Waals surface area contributed by atoms with Crippen LogP contribution in [0.5, 0.6) is 0 Å². The number of aromatic amines is 1. The summed E-state index contributed by atoms with van der Waals surface area (Å²) in [5.41, 5.74) is 3.85. The van der Waals surface area contributed by atoms with Gasteiger partial charge < -0.3 is 15.2 Å². The number of carbonyl (C=O) groups is 1. The molecule has 0 spiro atoms. The van der Waals surface area contributed by atoms with Gasteiger partial charge in [0, 0.05) is 34.9 Å². The summed E-state index contributed by atoms with van der Waals surface area (Å²) < 4.78 is 0. The van der Waals surface area contributed by atoms with Crippen molar-refractivity contribution in [3.8, 4) is 0 Å². The number of hydrogen-bond donors (Lipinski definition) is 2. The Kier molecular flexibility index (Phi) is 3.30. The molecule has 4 rings (SSSR count). The molecular formula is C19H19N3O. The highest BCUT2D eigenvalue weighted by Gasteiger charge is 2.33. The number of hydrogen-bond acceptors (Lipinski definition) is 2. The van der Waals surface area contributed by atoms with Gasteiger partial charge in [-0.15, -0.1) is 0 Å². The summed E-state index contributed by atoms with van der Waals surface area (Å²) in [5, 5.41) is 4.69. The Morgan fingerprint density at radius 1 is 1.09 bits per heavy atom. The molecule has 0 saturated heterocycles. The number of H-pyrrole nitrogens is 1. The fourth-order valence-electron chi connectivity index (χ4n) is 3.33. The Balaban J connectivity index is 1.84. The lowest BCUT2D eigenvalue weighted by molar-refractivity contribution is 0.0684. The van der Waals surface area contributed by atoms with Crippen LogP contribution in [0.2, 0.25) is 0 Å². The molecule has 0 saturated carbocycles. The lowest BCUT2D eigenvalue weighted by atomic mass is 10.0. The highest BCUT2D eigenvalue weighted by molar-refractivity contribution is 6.02. The van der Waals surface area contributed by atoms with Gasteiger partial charge in [0.05, 0.1) is 5.56 Å². The number of amides is 1. The van der Waals surface area contributed by atoms with E-state index in [2.05, 4.69) is 29.4 Å². The molecule has 2 aromatic carbocycles. The maximum absolute atomic E-state index is 12.9. The Bertz CT molecular complexity index is 868. The Hall–Kier alpha value is -2.75. The lowest BCUT2D eigenvalue weighted by Crippen LogP contribution is -2.43. The van der Waals surface area contributed by atoms with Crippen LogP contribution in [-0.2, 0) is 0 Å². The third-order valence-electron chi connectivity index (χ3n) is 4.40. The van der Waals surface area contributed by atoms with Crippen LogP contribution >= 0.6 is 0 Å². The van der Waals surface area contributed by atoms with E-state index < -0.39 is 0 Å². The number of para-hydroxylation sites is 2. The first-order valence-electron chi connectivity index (χ1n) is 8.02. The van der Waals surface area contributed by atoms with Gasteiger partial charge in [-0.25, -0.2) is 0 Å². The zero-order valence-corrected chi connectivity index (χ0v) is 13.0. The molecule has 23 heavy (non-hydrogen) atoms. The molecular weight excluding hydrogens is 286 g/mol. The molecule has 1 atom stereocenters. The smallest absolute Gasteiger partial charge is 0.257 e. The normalized spacial score (nSPS) is 17.2. The number of aromatic nitrogens is 1. The molecule has 0 bridgehead atoms. The second-order valence-electron chi connectivity index (χ2n) is 5.88. The van der Waals surface area contributed by atoms with Gasteiger partial charge in [-0.3, -0.25) is 4.79 Å². The summed E-state index contributed by atoms with van der Waals surface area (Å²) in [4.78, 5) is 18.2. The number of anilines is 1. The minimum Gasteiger partial charge on any atom is -0.361 e. The molecule has 1 aliphatic rings. The minimum absolute atomic E-state index is 0.0940. The second-order valence-corrected chi connectivity index (χ2v) is 5.88. The van der Waals surface area contributed by atoms with Gasteiger partial charge in [-0.1, -0.05) is 37.3 Å². The van der Waals surface area contributed by atoms with Crippen molar-refractivity contribution in [3.05, 3.63) is 65.9 Å². The fourth-order valence-corrected chi connectivity index (χ4v) is 3.33. The van der Waals surface area contributed by atoms with Gasteiger partial charge in [-0.05, 0) is 24.6 Å². The van der Waals surface area contributed by atoms with E-state index in [1.165, 1.54) is 0 Å². The SMILES string of the molecule is CCCN1C(=O)c2ccccc2N[C@H]1c1c[nH]c2ccccc12. The highest BCUT2D eigenvalue weighted by Crippen LogP contribution is 2.35. The molecule has 0 radical (unpaired) electrons. The van der Waals surface area contributed by atoms with E-state index in [-0.39, 0.29) is 12.1 Å². The number of rotatable bonds is 3. The zero-order chi connectivity index (χ0) is 15.8. The van der Waals surface area contributed by atoms with Crippen molar-refractivity contribution in [1.82, 2.24) is 9.88 Å².